The molecule has 3 aromatic carbocycles. The van der Waals surface area contributed by atoms with Crippen molar-refractivity contribution in [3.05, 3.63) is 143 Å². The smallest absolute Gasteiger partial charge is 0.186 e. The first kappa shape index (κ1) is 31.1. The fraction of sp³-hybridized carbons (Fsp3) is 0.0667. The van der Waals surface area contributed by atoms with E-state index in [9.17, 15) is 0 Å². The van der Waals surface area contributed by atoms with Crippen molar-refractivity contribution in [3.63, 3.8) is 0 Å². The second kappa shape index (κ2) is 16.6. The maximum absolute atomic E-state index is 8.49. The lowest BCUT2D eigenvalue weighted by Crippen LogP contribution is -1.99. The van der Waals surface area contributed by atoms with Crippen molar-refractivity contribution in [1.82, 2.24) is 19.1 Å². The van der Waals surface area contributed by atoms with Crippen molar-refractivity contribution in [3.8, 4) is 12.1 Å². The topological polar surface area (TPSA) is 148 Å². The van der Waals surface area contributed by atoms with Gasteiger partial charge in [-0.05, 0) is 35.4 Å². The molecule has 0 saturated carbocycles. The average Bonchev–Trinajstić information content (AvgIpc) is 3.71. The van der Waals surface area contributed by atoms with Crippen LogP contribution in [0.4, 0.5) is 0 Å². The van der Waals surface area contributed by atoms with Crippen molar-refractivity contribution in [2.75, 3.05) is 0 Å². The molecule has 0 aliphatic rings. The van der Waals surface area contributed by atoms with Crippen LogP contribution >= 0.6 is 23.2 Å². The van der Waals surface area contributed by atoms with Crippen molar-refractivity contribution >= 4 is 34.6 Å². The minimum Gasteiger partial charge on any atom is -0.410 e. The Balaban J connectivity index is 0.000000180. The number of oxime groups is 2. The Bertz CT molecular complexity index is 1560. The lowest BCUT2D eigenvalue weighted by Gasteiger charge is -2.05. The number of nitriles is 2. The average molecular weight is 599 g/mol. The molecule has 2 heterocycles. The van der Waals surface area contributed by atoms with Gasteiger partial charge in [0.1, 0.15) is 12.1 Å². The minimum atomic E-state index is -0.0440. The molecule has 0 bridgehead atoms. The van der Waals surface area contributed by atoms with Crippen molar-refractivity contribution in [2.24, 2.45) is 10.3 Å². The Labute approximate surface area is 252 Å². The van der Waals surface area contributed by atoms with Crippen LogP contribution in [-0.2, 0) is 13.1 Å². The molecule has 5 aromatic rings. The lowest BCUT2D eigenvalue weighted by molar-refractivity contribution is 0.320. The van der Waals surface area contributed by atoms with E-state index >= 15 is 0 Å². The maximum Gasteiger partial charge on any atom is 0.186 e. The molecule has 2 N–H and O–H groups in total. The first-order valence-electron chi connectivity index (χ1n) is 12.2. The predicted molar refractivity (Wildman–Crippen MR) is 160 cm³/mol. The number of rotatable bonds is 6. The van der Waals surface area contributed by atoms with Crippen LogP contribution in [0.5, 0.6) is 0 Å². The van der Waals surface area contributed by atoms with E-state index in [4.69, 9.17) is 44.1 Å². The SMILES string of the molecule is N#C/C(=N\O)c1cccc(Cl)c1.N#C/C(=N\O)c1cccc(Cl)c1.c1cn(Cc2ccc(Cn3ccnc3)cc2)cn1. The molecular weight excluding hydrogens is 575 g/mol. The summed E-state index contributed by atoms with van der Waals surface area (Å²) in [4.78, 5) is 8.08. The third kappa shape index (κ3) is 9.96. The summed E-state index contributed by atoms with van der Waals surface area (Å²) in [5.74, 6) is 0. The highest BCUT2D eigenvalue weighted by atomic mass is 35.5. The Morgan fingerprint density at radius 3 is 1.38 bits per heavy atom. The number of hydrogen-bond donors (Lipinski definition) is 2. The van der Waals surface area contributed by atoms with E-state index in [0.717, 1.165) is 13.1 Å². The lowest BCUT2D eigenvalue weighted by atomic mass is 10.1. The van der Waals surface area contributed by atoms with Gasteiger partial charge in [-0.15, -0.1) is 0 Å². The van der Waals surface area contributed by atoms with Gasteiger partial charge >= 0.3 is 0 Å². The molecule has 0 saturated heterocycles. The highest BCUT2D eigenvalue weighted by Gasteiger charge is 2.03. The van der Waals surface area contributed by atoms with Crippen LogP contribution in [0.3, 0.4) is 0 Å². The Morgan fingerprint density at radius 1 is 0.690 bits per heavy atom. The van der Waals surface area contributed by atoms with Gasteiger partial charge in [0, 0.05) is 59.0 Å². The molecule has 0 aliphatic heterocycles. The van der Waals surface area contributed by atoms with Crippen molar-refractivity contribution in [2.45, 2.75) is 13.1 Å². The van der Waals surface area contributed by atoms with Gasteiger partial charge in [-0.25, -0.2) is 9.97 Å². The standard InChI is InChI=1S/C14H14N4.2C8H5ClN2O/c1-2-14(10-18-8-6-16-12-18)4-3-13(1)9-17-7-5-15-11-17;2*9-7-3-1-2-6(4-7)8(5-10)11-12/h1-8,11-12H,9-10H2;2*1-4,12H/b;2*11-8+. The molecule has 0 aliphatic carbocycles. The number of imidazole rings is 2. The largest absolute Gasteiger partial charge is 0.410 e. The van der Waals surface area contributed by atoms with Gasteiger partial charge in [0.05, 0.1) is 12.7 Å². The van der Waals surface area contributed by atoms with Crippen LogP contribution in [0.1, 0.15) is 22.3 Å². The van der Waals surface area contributed by atoms with E-state index in [-0.39, 0.29) is 11.4 Å². The third-order valence-electron chi connectivity index (χ3n) is 5.48. The van der Waals surface area contributed by atoms with Crippen LogP contribution in [0, 0.1) is 22.7 Å². The summed E-state index contributed by atoms with van der Waals surface area (Å²) in [5, 5.41) is 40.4. The first-order valence-corrected chi connectivity index (χ1v) is 13.0. The van der Waals surface area contributed by atoms with E-state index in [1.807, 2.05) is 25.0 Å². The Hall–Kier alpha value is -5.42. The molecule has 0 amide bonds. The number of benzene rings is 3. The van der Waals surface area contributed by atoms with Crippen molar-refractivity contribution in [1.29, 1.82) is 10.5 Å². The summed E-state index contributed by atoms with van der Waals surface area (Å²) in [6.07, 6.45) is 11.2. The van der Waals surface area contributed by atoms with Gasteiger partial charge in [0.25, 0.3) is 0 Å². The van der Waals surface area contributed by atoms with Gasteiger partial charge in [0.15, 0.2) is 11.4 Å². The number of nitrogens with zero attached hydrogens (tertiary/aromatic N) is 8. The molecule has 2 aromatic heterocycles. The van der Waals surface area contributed by atoms with Crippen LogP contribution in [0.25, 0.3) is 0 Å². The molecular formula is C30H24Cl2N8O2. The van der Waals surface area contributed by atoms with Crippen LogP contribution in [0.15, 0.2) is 121 Å². The first-order chi connectivity index (χ1) is 20.4. The minimum absolute atomic E-state index is 0.0440. The predicted octanol–water partition coefficient (Wildman–Crippen LogP) is 6.26. The zero-order chi connectivity index (χ0) is 30.2. The zero-order valence-corrected chi connectivity index (χ0v) is 23.5. The second-order valence-corrected chi connectivity index (χ2v) is 9.30. The fourth-order valence-corrected chi connectivity index (χ4v) is 3.87. The molecule has 0 fully saturated rings. The number of aromatic nitrogens is 4. The monoisotopic (exact) mass is 598 g/mol. The summed E-state index contributed by atoms with van der Waals surface area (Å²) in [7, 11) is 0. The Morgan fingerprint density at radius 2 is 1.10 bits per heavy atom. The van der Waals surface area contributed by atoms with Gasteiger partial charge in [-0.1, -0.05) is 82.0 Å². The van der Waals surface area contributed by atoms with Crippen LogP contribution in [0.2, 0.25) is 10.0 Å². The molecule has 0 atom stereocenters. The van der Waals surface area contributed by atoms with Crippen LogP contribution < -0.4 is 0 Å². The molecule has 12 heteroatoms. The van der Waals surface area contributed by atoms with Crippen LogP contribution in [-0.4, -0.2) is 40.9 Å². The summed E-state index contributed by atoms with van der Waals surface area (Å²) < 4.78 is 4.12. The van der Waals surface area contributed by atoms with E-state index < -0.39 is 0 Å². The van der Waals surface area contributed by atoms with Gasteiger partial charge in [-0.3, -0.25) is 0 Å². The molecule has 0 radical (unpaired) electrons. The van der Waals surface area contributed by atoms with E-state index in [2.05, 4.69) is 53.7 Å². The highest BCUT2D eigenvalue weighted by molar-refractivity contribution is 6.31. The van der Waals surface area contributed by atoms with Crippen molar-refractivity contribution < 1.29 is 10.4 Å². The molecule has 0 spiro atoms. The molecule has 42 heavy (non-hydrogen) atoms. The Kier molecular flexibility index (Phi) is 12.3. The van der Waals surface area contributed by atoms with Gasteiger partial charge in [-0.2, -0.15) is 10.5 Å². The van der Waals surface area contributed by atoms with Gasteiger partial charge < -0.3 is 19.5 Å². The summed E-state index contributed by atoms with van der Waals surface area (Å²) in [6.45, 7) is 1.73. The zero-order valence-electron chi connectivity index (χ0n) is 22.0. The number of hydrogen-bond acceptors (Lipinski definition) is 8. The molecule has 210 valence electrons. The quantitative estimate of drug-likeness (QED) is 0.134. The maximum atomic E-state index is 8.49. The summed E-state index contributed by atoms with van der Waals surface area (Å²) >= 11 is 11.3. The summed E-state index contributed by atoms with van der Waals surface area (Å²) in [5.41, 5.74) is 3.49. The van der Waals surface area contributed by atoms with E-state index in [0.29, 0.717) is 21.2 Å². The molecule has 10 nitrogen and oxygen atoms in total. The van der Waals surface area contributed by atoms with E-state index in [1.54, 1.807) is 73.1 Å². The second-order valence-electron chi connectivity index (χ2n) is 8.43. The normalized spacial score (nSPS) is 10.8. The van der Waals surface area contributed by atoms with E-state index in [1.165, 1.54) is 11.1 Å². The number of halogens is 2. The van der Waals surface area contributed by atoms with Gasteiger partial charge in [0.2, 0.25) is 0 Å². The molecule has 0 unspecified atom stereocenters. The fourth-order valence-electron chi connectivity index (χ4n) is 3.49. The molecule has 5 rings (SSSR count). The third-order valence-corrected chi connectivity index (χ3v) is 5.95. The summed E-state index contributed by atoms with van der Waals surface area (Å²) in [6, 6.07) is 25.2. The highest BCUT2D eigenvalue weighted by Crippen LogP contribution is 2.12.